The van der Waals surface area contributed by atoms with Gasteiger partial charge in [0.05, 0.1) is 0 Å². The van der Waals surface area contributed by atoms with Gasteiger partial charge in [-0.25, -0.2) is 0 Å². The molecule has 0 saturated carbocycles. The zero-order valence-corrected chi connectivity index (χ0v) is 17.2. The summed E-state index contributed by atoms with van der Waals surface area (Å²) in [5, 5.41) is 9.73. The lowest BCUT2D eigenvalue weighted by atomic mass is 10.2. The van der Waals surface area contributed by atoms with Gasteiger partial charge in [0.15, 0.2) is 11.8 Å². The van der Waals surface area contributed by atoms with Gasteiger partial charge in [-0.3, -0.25) is 4.99 Å². The summed E-state index contributed by atoms with van der Waals surface area (Å²) in [5.74, 6) is 1.37. The molecular weight excluding hydrogens is 478 g/mol. The highest BCUT2D eigenvalue weighted by molar-refractivity contribution is 14.0. The third kappa shape index (κ3) is 8.45. The molecular formula is C16H21F3IN5O2. The van der Waals surface area contributed by atoms with E-state index in [1.807, 2.05) is 0 Å². The number of aromatic nitrogens is 2. The van der Waals surface area contributed by atoms with E-state index in [0.29, 0.717) is 36.2 Å². The molecule has 27 heavy (non-hydrogen) atoms. The summed E-state index contributed by atoms with van der Waals surface area (Å²) >= 11 is 0. The van der Waals surface area contributed by atoms with Crippen LogP contribution in [0.2, 0.25) is 0 Å². The highest BCUT2D eigenvalue weighted by Crippen LogP contribution is 2.25. The number of halogens is 4. The second-order valence-corrected chi connectivity index (χ2v) is 5.35. The molecule has 2 aromatic rings. The molecule has 11 heteroatoms. The van der Waals surface area contributed by atoms with Crippen molar-refractivity contribution < 1.29 is 22.4 Å². The van der Waals surface area contributed by atoms with Crippen LogP contribution in [-0.2, 0) is 13.0 Å². The van der Waals surface area contributed by atoms with Gasteiger partial charge in [0.1, 0.15) is 5.75 Å². The highest BCUT2D eigenvalue weighted by Gasteiger charge is 2.31. The molecule has 7 nitrogen and oxygen atoms in total. The molecule has 1 aromatic heterocycles. The van der Waals surface area contributed by atoms with Gasteiger partial charge in [0.2, 0.25) is 5.89 Å². The van der Waals surface area contributed by atoms with Crippen molar-refractivity contribution in [3.05, 3.63) is 41.5 Å². The smallest absolute Gasteiger partial charge is 0.405 e. The third-order valence-corrected chi connectivity index (χ3v) is 3.30. The van der Waals surface area contributed by atoms with Crippen molar-refractivity contribution in [2.45, 2.75) is 32.7 Å². The van der Waals surface area contributed by atoms with Crippen molar-refractivity contribution in [2.75, 3.05) is 13.6 Å². The fourth-order valence-corrected chi connectivity index (χ4v) is 2.16. The van der Waals surface area contributed by atoms with Crippen molar-refractivity contribution >= 4 is 29.9 Å². The minimum Gasteiger partial charge on any atom is -0.405 e. The van der Waals surface area contributed by atoms with Gasteiger partial charge < -0.3 is 19.9 Å². The Balaban J connectivity index is 0.00000364. The molecule has 0 aliphatic carbocycles. The maximum atomic E-state index is 12.4. The van der Waals surface area contributed by atoms with E-state index in [-0.39, 0.29) is 36.3 Å². The van der Waals surface area contributed by atoms with Crippen LogP contribution in [-0.4, -0.2) is 36.1 Å². The molecule has 0 fully saturated rings. The molecule has 0 bridgehead atoms. The number of hydrogen-bond donors (Lipinski definition) is 2. The first-order chi connectivity index (χ1) is 12.4. The summed E-state index contributed by atoms with van der Waals surface area (Å²) in [6.45, 7) is 2.47. The van der Waals surface area contributed by atoms with Crippen molar-refractivity contribution in [3.8, 4) is 5.75 Å². The molecule has 0 radical (unpaired) electrons. The van der Waals surface area contributed by atoms with Gasteiger partial charge in [-0.2, -0.15) is 4.98 Å². The molecule has 2 rings (SSSR count). The number of aliphatic imine (C=N–C) groups is 1. The fraction of sp³-hybridized carbons (Fsp3) is 0.438. The van der Waals surface area contributed by atoms with Crippen molar-refractivity contribution in [1.29, 1.82) is 0 Å². The minimum atomic E-state index is -4.73. The molecule has 1 aromatic carbocycles. The van der Waals surface area contributed by atoms with Crippen LogP contribution in [0.4, 0.5) is 13.2 Å². The molecule has 0 aliphatic heterocycles. The standard InChI is InChI=1S/C16H20F3N5O2.HI/c1-11-23-14(26-24-11)8-5-9-21-15(20-2)22-10-12-6-3-4-7-13(12)25-16(17,18)19;/h3-4,6-7H,5,8-10H2,1-2H3,(H2,20,21,22);1H. The normalized spacial score (nSPS) is 11.7. The van der Waals surface area contributed by atoms with Gasteiger partial charge in [-0.15, -0.1) is 37.1 Å². The van der Waals surface area contributed by atoms with E-state index in [4.69, 9.17) is 4.52 Å². The summed E-state index contributed by atoms with van der Waals surface area (Å²) in [6, 6.07) is 5.95. The van der Waals surface area contributed by atoms with Gasteiger partial charge in [0.25, 0.3) is 0 Å². The van der Waals surface area contributed by atoms with Crippen LogP contribution in [0.1, 0.15) is 23.7 Å². The molecule has 0 unspecified atom stereocenters. The lowest BCUT2D eigenvalue weighted by molar-refractivity contribution is -0.274. The van der Waals surface area contributed by atoms with E-state index < -0.39 is 6.36 Å². The first-order valence-corrected chi connectivity index (χ1v) is 7.95. The van der Waals surface area contributed by atoms with E-state index >= 15 is 0 Å². The van der Waals surface area contributed by atoms with Crippen LogP contribution in [0.25, 0.3) is 0 Å². The quantitative estimate of drug-likeness (QED) is 0.264. The van der Waals surface area contributed by atoms with E-state index in [2.05, 4.69) is 30.5 Å². The topological polar surface area (TPSA) is 84.6 Å². The second-order valence-electron chi connectivity index (χ2n) is 5.35. The Bertz CT molecular complexity index is 737. The predicted molar refractivity (Wildman–Crippen MR) is 104 cm³/mol. The first kappa shape index (κ1) is 23.0. The van der Waals surface area contributed by atoms with Gasteiger partial charge in [0, 0.05) is 32.1 Å². The number of ether oxygens (including phenoxy) is 1. The molecule has 0 atom stereocenters. The Morgan fingerprint density at radius 2 is 2.00 bits per heavy atom. The van der Waals surface area contributed by atoms with Crippen molar-refractivity contribution in [2.24, 2.45) is 4.99 Å². The zero-order valence-electron chi connectivity index (χ0n) is 14.8. The number of nitrogens with zero attached hydrogens (tertiary/aromatic N) is 3. The Hall–Kier alpha value is -2.05. The van der Waals surface area contributed by atoms with E-state index in [9.17, 15) is 13.2 Å². The van der Waals surface area contributed by atoms with Gasteiger partial charge in [-0.1, -0.05) is 23.4 Å². The third-order valence-electron chi connectivity index (χ3n) is 3.30. The van der Waals surface area contributed by atoms with Gasteiger partial charge >= 0.3 is 6.36 Å². The molecule has 0 amide bonds. The molecule has 0 spiro atoms. The van der Waals surface area contributed by atoms with Crippen LogP contribution in [0.5, 0.6) is 5.75 Å². The maximum absolute atomic E-state index is 12.4. The monoisotopic (exact) mass is 499 g/mol. The predicted octanol–water partition coefficient (Wildman–Crippen LogP) is 3.19. The summed E-state index contributed by atoms with van der Waals surface area (Å²) in [4.78, 5) is 8.14. The molecule has 150 valence electrons. The van der Waals surface area contributed by atoms with Crippen LogP contribution in [0.3, 0.4) is 0 Å². The Morgan fingerprint density at radius 1 is 1.26 bits per heavy atom. The average molecular weight is 499 g/mol. The summed E-state index contributed by atoms with van der Waals surface area (Å²) < 4.78 is 46.4. The Kier molecular flexibility index (Phi) is 9.32. The minimum absolute atomic E-state index is 0. The maximum Gasteiger partial charge on any atom is 0.573 e. The second kappa shape index (κ2) is 10.9. The first-order valence-electron chi connectivity index (χ1n) is 7.95. The summed E-state index contributed by atoms with van der Waals surface area (Å²) in [7, 11) is 1.58. The lowest BCUT2D eigenvalue weighted by Gasteiger charge is -2.15. The molecule has 0 saturated heterocycles. The van der Waals surface area contributed by atoms with Crippen LogP contribution >= 0.6 is 24.0 Å². The Morgan fingerprint density at radius 3 is 2.63 bits per heavy atom. The van der Waals surface area contributed by atoms with Crippen LogP contribution < -0.4 is 15.4 Å². The number of benzene rings is 1. The fourth-order valence-electron chi connectivity index (χ4n) is 2.16. The van der Waals surface area contributed by atoms with E-state index in [1.54, 1.807) is 26.1 Å². The zero-order chi connectivity index (χ0) is 19.0. The number of hydrogen-bond acceptors (Lipinski definition) is 5. The Labute approximate surface area is 171 Å². The summed E-state index contributed by atoms with van der Waals surface area (Å²) in [6.07, 6.45) is -3.38. The average Bonchev–Trinajstić information content (AvgIpc) is 2.99. The number of nitrogens with one attached hydrogen (secondary N) is 2. The molecule has 2 N–H and O–H groups in total. The number of aryl methyl sites for hydroxylation is 2. The lowest BCUT2D eigenvalue weighted by Crippen LogP contribution is -2.37. The number of guanidine groups is 1. The SMILES string of the molecule is CN=C(NCCCc1nc(C)no1)NCc1ccccc1OC(F)(F)F.I. The van der Waals surface area contributed by atoms with E-state index in [1.165, 1.54) is 12.1 Å². The largest absolute Gasteiger partial charge is 0.573 e. The van der Waals surface area contributed by atoms with Gasteiger partial charge in [-0.05, 0) is 19.4 Å². The van der Waals surface area contributed by atoms with E-state index in [0.717, 1.165) is 6.42 Å². The number of alkyl halides is 3. The van der Waals surface area contributed by atoms with Crippen LogP contribution in [0.15, 0.2) is 33.8 Å². The number of para-hydroxylation sites is 1. The highest BCUT2D eigenvalue weighted by atomic mass is 127. The molecule has 0 aliphatic rings. The molecule has 1 heterocycles. The van der Waals surface area contributed by atoms with Crippen molar-refractivity contribution in [3.63, 3.8) is 0 Å². The summed E-state index contributed by atoms with van der Waals surface area (Å²) in [5.41, 5.74) is 0.370. The van der Waals surface area contributed by atoms with Crippen LogP contribution in [0, 0.1) is 6.92 Å². The number of rotatable bonds is 7. The van der Waals surface area contributed by atoms with Crippen molar-refractivity contribution in [1.82, 2.24) is 20.8 Å².